The predicted octanol–water partition coefficient (Wildman–Crippen LogP) is 4.02. The van der Waals surface area contributed by atoms with E-state index in [1.54, 1.807) is 0 Å². The predicted molar refractivity (Wildman–Crippen MR) is 143 cm³/mol. The van der Waals surface area contributed by atoms with Gasteiger partial charge in [0.25, 0.3) is 0 Å². The van der Waals surface area contributed by atoms with E-state index in [0.717, 1.165) is 69.3 Å². The largest absolute Gasteiger partial charge is 0.357 e. The number of likely N-dealkylation sites (tertiary alicyclic amines) is 1. The van der Waals surface area contributed by atoms with E-state index in [9.17, 15) is 0 Å². The molecule has 0 bridgehead atoms. The molecule has 3 aromatic rings. The molecule has 0 amide bonds. The third kappa shape index (κ3) is 6.68. The highest BCUT2D eigenvalue weighted by molar-refractivity contribution is 14.0. The number of aromatic nitrogens is 2. The van der Waals surface area contributed by atoms with E-state index in [2.05, 4.69) is 88.6 Å². The molecule has 0 radical (unpaired) electrons. The molecule has 4 rings (SSSR count). The number of rotatable bonds is 7. The maximum atomic E-state index is 4.81. The quantitative estimate of drug-likeness (QED) is 0.267. The lowest BCUT2D eigenvalue weighted by atomic mass is 10.0. The summed E-state index contributed by atoms with van der Waals surface area (Å²) >= 11 is 0. The highest BCUT2D eigenvalue weighted by Crippen LogP contribution is 2.14. The van der Waals surface area contributed by atoms with E-state index in [0.29, 0.717) is 6.04 Å². The number of hydrogen-bond donors (Lipinski definition) is 2. The molecule has 7 heteroatoms. The van der Waals surface area contributed by atoms with E-state index in [1.165, 1.54) is 11.1 Å². The number of pyridine rings is 1. The van der Waals surface area contributed by atoms with Crippen LogP contribution < -0.4 is 10.6 Å². The monoisotopic (exact) mass is 546 g/mol. The van der Waals surface area contributed by atoms with Crippen molar-refractivity contribution < 1.29 is 0 Å². The highest BCUT2D eigenvalue weighted by Gasteiger charge is 2.20. The molecule has 1 aromatic carbocycles. The van der Waals surface area contributed by atoms with E-state index in [4.69, 9.17) is 9.98 Å². The van der Waals surface area contributed by atoms with Crippen molar-refractivity contribution in [2.75, 3.05) is 26.2 Å². The first-order valence-corrected chi connectivity index (χ1v) is 11.5. The van der Waals surface area contributed by atoms with Gasteiger partial charge in [0.1, 0.15) is 5.65 Å². The summed E-state index contributed by atoms with van der Waals surface area (Å²) in [4.78, 5) is 12.1. The van der Waals surface area contributed by atoms with Crippen LogP contribution in [0.2, 0.25) is 0 Å². The van der Waals surface area contributed by atoms with Crippen LogP contribution in [0.3, 0.4) is 0 Å². The highest BCUT2D eigenvalue weighted by atomic mass is 127. The Hall–Kier alpha value is -2.13. The first-order chi connectivity index (χ1) is 15.2. The minimum absolute atomic E-state index is 0. The van der Waals surface area contributed by atoms with Gasteiger partial charge in [0.05, 0.1) is 5.69 Å². The lowest BCUT2D eigenvalue weighted by Crippen LogP contribution is -2.48. The number of imidazole rings is 1. The van der Waals surface area contributed by atoms with Crippen molar-refractivity contribution in [3.05, 3.63) is 71.7 Å². The molecule has 2 aromatic heterocycles. The van der Waals surface area contributed by atoms with Crippen molar-refractivity contribution in [1.82, 2.24) is 24.9 Å². The molecule has 1 fully saturated rings. The second-order valence-electron chi connectivity index (χ2n) is 8.35. The minimum Gasteiger partial charge on any atom is -0.357 e. The number of guanidine groups is 1. The number of hydrogen-bond acceptors (Lipinski definition) is 3. The third-order valence-electron chi connectivity index (χ3n) is 5.89. The van der Waals surface area contributed by atoms with E-state index < -0.39 is 0 Å². The SMILES string of the molecule is CCNC(=NCCc1cn2cccc(C)c2n1)NC1CCN(Cc2ccccc2)CC1.I. The number of nitrogens with one attached hydrogen (secondary N) is 2. The molecular weight excluding hydrogens is 511 g/mol. The van der Waals surface area contributed by atoms with Gasteiger partial charge in [0, 0.05) is 57.6 Å². The summed E-state index contributed by atoms with van der Waals surface area (Å²) in [7, 11) is 0. The van der Waals surface area contributed by atoms with Gasteiger partial charge in [-0.2, -0.15) is 0 Å². The van der Waals surface area contributed by atoms with Crippen LogP contribution in [-0.4, -0.2) is 52.5 Å². The molecule has 32 heavy (non-hydrogen) atoms. The van der Waals surface area contributed by atoms with Crippen molar-refractivity contribution >= 4 is 35.6 Å². The summed E-state index contributed by atoms with van der Waals surface area (Å²) in [5, 5.41) is 7.05. The van der Waals surface area contributed by atoms with Crippen LogP contribution in [0.25, 0.3) is 5.65 Å². The van der Waals surface area contributed by atoms with Gasteiger partial charge in [-0.3, -0.25) is 9.89 Å². The average molecular weight is 547 g/mol. The van der Waals surface area contributed by atoms with Crippen LogP contribution in [0.4, 0.5) is 0 Å². The molecule has 1 aliphatic rings. The first kappa shape index (κ1) is 24.5. The van der Waals surface area contributed by atoms with Crippen LogP contribution in [0, 0.1) is 6.92 Å². The Morgan fingerprint density at radius 3 is 2.62 bits per heavy atom. The fourth-order valence-corrected chi connectivity index (χ4v) is 4.20. The van der Waals surface area contributed by atoms with Gasteiger partial charge in [-0.25, -0.2) is 4.98 Å². The van der Waals surface area contributed by atoms with Crippen molar-refractivity contribution in [3.8, 4) is 0 Å². The molecule has 2 N–H and O–H groups in total. The molecule has 6 nitrogen and oxygen atoms in total. The number of nitrogens with zero attached hydrogens (tertiary/aromatic N) is 4. The summed E-state index contributed by atoms with van der Waals surface area (Å²) in [6, 6.07) is 15.4. The Morgan fingerprint density at radius 1 is 1.12 bits per heavy atom. The number of aryl methyl sites for hydroxylation is 1. The molecule has 0 atom stereocenters. The first-order valence-electron chi connectivity index (χ1n) is 11.5. The van der Waals surface area contributed by atoms with Gasteiger partial charge in [-0.1, -0.05) is 36.4 Å². The normalized spacial score (nSPS) is 15.5. The van der Waals surface area contributed by atoms with Gasteiger partial charge in [-0.15, -0.1) is 24.0 Å². The average Bonchev–Trinajstić information content (AvgIpc) is 3.20. The molecule has 172 valence electrons. The van der Waals surface area contributed by atoms with Crippen LogP contribution in [0.5, 0.6) is 0 Å². The molecule has 0 saturated carbocycles. The third-order valence-corrected chi connectivity index (χ3v) is 5.89. The topological polar surface area (TPSA) is 57.0 Å². The molecule has 1 saturated heterocycles. The summed E-state index contributed by atoms with van der Waals surface area (Å²) in [6.45, 7) is 9.09. The maximum absolute atomic E-state index is 4.81. The molecular formula is C25H35IN6. The molecule has 0 spiro atoms. The van der Waals surface area contributed by atoms with Gasteiger partial charge in [0.2, 0.25) is 0 Å². The van der Waals surface area contributed by atoms with E-state index in [1.807, 2.05) is 0 Å². The van der Waals surface area contributed by atoms with Gasteiger partial charge >= 0.3 is 0 Å². The smallest absolute Gasteiger partial charge is 0.191 e. The lowest BCUT2D eigenvalue weighted by molar-refractivity contribution is 0.198. The molecule has 1 aliphatic heterocycles. The summed E-state index contributed by atoms with van der Waals surface area (Å²) in [5.41, 5.74) is 4.72. The maximum Gasteiger partial charge on any atom is 0.191 e. The zero-order chi connectivity index (χ0) is 21.5. The number of fused-ring (bicyclic) bond motifs is 1. The van der Waals surface area contributed by atoms with Crippen LogP contribution in [-0.2, 0) is 13.0 Å². The summed E-state index contributed by atoms with van der Waals surface area (Å²) in [5.74, 6) is 0.920. The second-order valence-corrected chi connectivity index (χ2v) is 8.35. The van der Waals surface area contributed by atoms with Crippen LogP contribution in [0.1, 0.15) is 36.6 Å². The van der Waals surface area contributed by atoms with Crippen molar-refractivity contribution in [2.24, 2.45) is 4.99 Å². The summed E-state index contributed by atoms with van der Waals surface area (Å²) < 4.78 is 2.10. The van der Waals surface area contributed by atoms with Crippen molar-refractivity contribution in [3.63, 3.8) is 0 Å². The Morgan fingerprint density at radius 2 is 1.91 bits per heavy atom. The fraction of sp³-hybridized carbons (Fsp3) is 0.440. The van der Waals surface area contributed by atoms with Gasteiger partial charge in [-0.05, 0) is 43.9 Å². The molecule has 3 heterocycles. The van der Waals surface area contributed by atoms with Crippen molar-refractivity contribution in [2.45, 2.75) is 45.7 Å². The van der Waals surface area contributed by atoms with Gasteiger partial charge < -0.3 is 15.0 Å². The summed E-state index contributed by atoms with van der Waals surface area (Å²) in [6.07, 6.45) is 7.29. The van der Waals surface area contributed by atoms with E-state index in [-0.39, 0.29) is 24.0 Å². The zero-order valence-corrected chi connectivity index (χ0v) is 21.5. The van der Waals surface area contributed by atoms with Crippen molar-refractivity contribution in [1.29, 1.82) is 0 Å². The standard InChI is InChI=1S/C25H34N6.HI/c1-3-26-25(27-14-11-23-19-31-15-7-8-20(2)24(31)28-23)29-22-12-16-30(17-13-22)18-21-9-5-4-6-10-21;/h4-10,15,19,22H,3,11-14,16-18H2,1-2H3,(H2,26,27,29);1H. The number of halogens is 1. The molecule has 0 aliphatic carbocycles. The fourth-order valence-electron chi connectivity index (χ4n) is 4.20. The Labute approximate surface area is 208 Å². The van der Waals surface area contributed by atoms with Crippen LogP contribution >= 0.6 is 24.0 Å². The number of benzene rings is 1. The second kappa shape index (κ2) is 12.2. The lowest BCUT2D eigenvalue weighted by Gasteiger charge is -2.33. The number of aliphatic imine (C=N–C) groups is 1. The Bertz CT molecular complexity index is 992. The Kier molecular flexibility index (Phi) is 9.35. The minimum atomic E-state index is 0. The van der Waals surface area contributed by atoms with E-state index >= 15 is 0 Å². The zero-order valence-electron chi connectivity index (χ0n) is 19.1. The Balaban J connectivity index is 0.00000289. The number of piperidine rings is 1. The molecule has 0 unspecified atom stereocenters. The van der Waals surface area contributed by atoms with Crippen LogP contribution in [0.15, 0.2) is 59.9 Å². The van der Waals surface area contributed by atoms with Gasteiger partial charge in [0.15, 0.2) is 5.96 Å².